The van der Waals surface area contributed by atoms with Crippen LogP contribution in [0.4, 0.5) is 10.1 Å². The van der Waals surface area contributed by atoms with Crippen LogP contribution in [0.25, 0.3) is 0 Å². The molecule has 0 spiro atoms. The van der Waals surface area contributed by atoms with E-state index in [9.17, 15) is 9.18 Å². The molecule has 6 heteroatoms. The molecule has 0 saturated heterocycles. The fourth-order valence-corrected chi connectivity index (χ4v) is 1.66. The van der Waals surface area contributed by atoms with Gasteiger partial charge in [0.1, 0.15) is 11.6 Å². The SMILES string of the molecule is COC(=O)c1cc(NCc2cnc(C)[nH]2)ccc1F. The quantitative estimate of drug-likeness (QED) is 0.830. The number of esters is 1. The van der Waals surface area contributed by atoms with Crippen molar-refractivity contribution in [1.29, 1.82) is 0 Å². The Bertz CT molecular complexity index is 595. The molecular formula is C13H14FN3O2. The van der Waals surface area contributed by atoms with E-state index in [4.69, 9.17) is 0 Å². The highest BCUT2D eigenvalue weighted by atomic mass is 19.1. The molecular weight excluding hydrogens is 249 g/mol. The number of methoxy groups -OCH3 is 1. The molecule has 0 aliphatic rings. The van der Waals surface area contributed by atoms with E-state index in [1.807, 2.05) is 6.92 Å². The number of halogens is 1. The number of hydrogen-bond acceptors (Lipinski definition) is 4. The summed E-state index contributed by atoms with van der Waals surface area (Å²) in [5, 5.41) is 3.08. The van der Waals surface area contributed by atoms with Gasteiger partial charge < -0.3 is 15.0 Å². The van der Waals surface area contributed by atoms with Crippen LogP contribution >= 0.6 is 0 Å². The molecule has 0 aliphatic carbocycles. The van der Waals surface area contributed by atoms with E-state index in [2.05, 4.69) is 20.0 Å². The van der Waals surface area contributed by atoms with E-state index in [1.165, 1.54) is 19.2 Å². The maximum Gasteiger partial charge on any atom is 0.340 e. The number of nitrogens with one attached hydrogen (secondary N) is 2. The van der Waals surface area contributed by atoms with Gasteiger partial charge in [0.15, 0.2) is 0 Å². The summed E-state index contributed by atoms with van der Waals surface area (Å²) in [6.07, 6.45) is 1.72. The Morgan fingerprint density at radius 1 is 1.53 bits per heavy atom. The third-order valence-electron chi connectivity index (χ3n) is 2.61. The molecule has 5 nitrogen and oxygen atoms in total. The van der Waals surface area contributed by atoms with Crippen molar-refractivity contribution in [3.8, 4) is 0 Å². The van der Waals surface area contributed by atoms with Crippen molar-refractivity contribution in [2.24, 2.45) is 0 Å². The summed E-state index contributed by atoms with van der Waals surface area (Å²) in [5.74, 6) is -0.473. The normalized spacial score (nSPS) is 10.3. The summed E-state index contributed by atoms with van der Waals surface area (Å²) in [5.41, 5.74) is 1.45. The Kier molecular flexibility index (Phi) is 3.79. The first kappa shape index (κ1) is 13.1. The predicted octanol–water partition coefficient (Wildman–Crippen LogP) is 2.26. The smallest absolute Gasteiger partial charge is 0.340 e. The van der Waals surface area contributed by atoms with Gasteiger partial charge in [0.2, 0.25) is 0 Å². The zero-order valence-electron chi connectivity index (χ0n) is 10.7. The molecule has 0 unspecified atom stereocenters. The van der Waals surface area contributed by atoms with Crippen LogP contribution < -0.4 is 5.32 Å². The zero-order chi connectivity index (χ0) is 13.8. The van der Waals surface area contributed by atoms with Gasteiger partial charge in [0, 0.05) is 5.69 Å². The van der Waals surface area contributed by atoms with Gasteiger partial charge in [0.25, 0.3) is 0 Å². The number of nitrogens with zero attached hydrogens (tertiary/aromatic N) is 1. The van der Waals surface area contributed by atoms with Crippen LogP contribution in [-0.4, -0.2) is 23.0 Å². The number of carbonyl (C=O) groups excluding carboxylic acids is 1. The van der Waals surface area contributed by atoms with Crippen LogP contribution in [0.15, 0.2) is 24.4 Å². The molecule has 0 bridgehead atoms. The molecule has 2 aromatic rings. The third-order valence-corrected chi connectivity index (χ3v) is 2.61. The van der Waals surface area contributed by atoms with E-state index >= 15 is 0 Å². The lowest BCUT2D eigenvalue weighted by Gasteiger charge is -2.07. The number of aromatic nitrogens is 2. The summed E-state index contributed by atoms with van der Waals surface area (Å²) in [6.45, 7) is 2.36. The topological polar surface area (TPSA) is 67.0 Å². The molecule has 2 N–H and O–H groups in total. The number of hydrogen-bond donors (Lipinski definition) is 2. The molecule has 19 heavy (non-hydrogen) atoms. The molecule has 0 atom stereocenters. The van der Waals surface area contributed by atoms with E-state index < -0.39 is 11.8 Å². The van der Waals surface area contributed by atoms with Gasteiger partial charge in [-0.2, -0.15) is 0 Å². The van der Waals surface area contributed by atoms with Crippen molar-refractivity contribution in [2.45, 2.75) is 13.5 Å². The Morgan fingerprint density at radius 2 is 2.32 bits per heavy atom. The number of ether oxygens (including phenoxy) is 1. The Labute approximate surface area is 109 Å². The number of imidazole rings is 1. The lowest BCUT2D eigenvalue weighted by molar-refractivity contribution is 0.0595. The second-order valence-corrected chi connectivity index (χ2v) is 4.03. The third kappa shape index (κ3) is 3.09. The van der Waals surface area contributed by atoms with Crippen LogP contribution in [0.2, 0.25) is 0 Å². The molecule has 0 radical (unpaired) electrons. The number of anilines is 1. The summed E-state index contributed by atoms with van der Waals surface area (Å²) in [7, 11) is 1.22. The number of rotatable bonds is 4. The number of aromatic amines is 1. The van der Waals surface area contributed by atoms with Gasteiger partial charge in [-0.15, -0.1) is 0 Å². The summed E-state index contributed by atoms with van der Waals surface area (Å²) >= 11 is 0. The first-order valence-electron chi connectivity index (χ1n) is 5.72. The fraction of sp³-hybridized carbons (Fsp3) is 0.231. The summed E-state index contributed by atoms with van der Waals surface area (Å²) in [4.78, 5) is 18.5. The largest absolute Gasteiger partial charge is 0.465 e. The lowest BCUT2D eigenvalue weighted by atomic mass is 10.2. The zero-order valence-corrected chi connectivity index (χ0v) is 10.7. The second kappa shape index (κ2) is 5.51. The summed E-state index contributed by atoms with van der Waals surface area (Å²) < 4.78 is 17.9. The molecule has 0 aliphatic heterocycles. The minimum Gasteiger partial charge on any atom is -0.465 e. The standard InChI is InChI=1S/C13H14FN3O2/c1-8-15-6-10(17-8)7-16-9-3-4-12(14)11(5-9)13(18)19-2/h3-6,16H,7H2,1-2H3,(H,15,17). The van der Waals surface area contributed by atoms with E-state index in [-0.39, 0.29) is 5.56 Å². The van der Waals surface area contributed by atoms with Crippen molar-refractivity contribution in [1.82, 2.24) is 9.97 Å². The molecule has 1 aromatic heterocycles. The van der Waals surface area contributed by atoms with Gasteiger partial charge >= 0.3 is 5.97 Å². The second-order valence-electron chi connectivity index (χ2n) is 4.03. The average molecular weight is 263 g/mol. The predicted molar refractivity (Wildman–Crippen MR) is 68.4 cm³/mol. The number of benzene rings is 1. The van der Waals surface area contributed by atoms with Crippen LogP contribution in [0.1, 0.15) is 21.9 Å². The molecule has 0 saturated carbocycles. The van der Waals surface area contributed by atoms with Crippen LogP contribution in [0, 0.1) is 12.7 Å². The van der Waals surface area contributed by atoms with Crippen molar-refractivity contribution >= 4 is 11.7 Å². The molecule has 0 fully saturated rings. The first-order chi connectivity index (χ1) is 9.10. The van der Waals surface area contributed by atoms with Crippen LogP contribution in [-0.2, 0) is 11.3 Å². The van der Waals surface area contributed by atoms with Gasteiger partial charge in [-0.3, -0.25) is 0 Å². The van der Waals surface area contributed by atoms with Gasteiger partial charge in [-0.25, -0.2) is 14.2 Å². The number of aryl methyl sites for hydroxylation is 1. The highest BCUT2D eigenvalue weighted by Gasteiger charge is 2.12. The maximum absolute atomic E-state index is 13.4. The summed E-state index contributed by atoms with van der Waals surface area (Å²) in [6, 6.07) is 4.21. The van der Waals surface area contributed by atoms with E-state index in [0.29, 0.717) is 12.2 Å². The van der Waals surface area contributed by atoms with Crippen molar-refractivity contribution in [2.75, 3.05) is 12.4 Å². The van der Waals surface area contributed by atoms with Crippen molar-refractivity contribution in [3.63, 3.8) is 0 Å². The van der Waals surface area contributed by atoms with Gasteiger partial charge in [-0.1, -0.05) is 0 Å². The fourth-order valence-electron chi connectivity index (χ4n) is 1.66. The van der Waals surface area contributed by atoms with Crippen molar-refractivity contribution in [3.05, 3.63) is 47.3 Å². The van der Waals surface area contributed by atoms with Crippen LogP contribution in [0.5, 0.6) is 0 Å². The molecule has 1 aromatic carbocycles. The average Bonchev–Trinajstić information content (AvgIpc) is 2.83. The molecule has 0 amide bonds. The van der Waals surface area contributed by atoms with E-state index in [1.54, 1.807) is 12.3 Å². The maximum atomic E-state index is 13.4. The Balaban J connectivity index is 2.10. The molecule has 100 valence electrons. The minimum absolute atomic E-state index is 0.0895. The first-order valence-corrected chi connectivity index (χ1v) is 5.72. The number of H-pyrrole nitrogens is 1. The van der Waals surface area contributed by atoms with Crippen molar-refractivity contribution < 1.29 is 13.9 Å². The highest BCUT2D eigenvalue weighted by molar-refractivity contribution is 5.90. The number of carbonyl (C=O) groups is 1. The monoisotopic (exact) mass is 263 g/mol. The lowest BCUT2D eigenvalue weighted by Crippen LogP contribution is -2.06. The minimum atomic E-state index is -0.696. The van der Waals surface area contributed by atoms with Crippen LogP contribution in [0.3, 0.4) is 0 Å². The van der Waals surface area contributed by atoms with Gasteiger partial charge in [-0.05, 0) is 25.1 Å². The Morgan fingerprint density at radius 3 is 2.95 bits per heavy atom. The molecule has 1 heterocycles. The van der Waals surface area contributed by atoms with Gasteiger partial charge in [0.05, 0.1) is 31.1 Å². The highest BCUT2D eigenvalue weighted by Crippen LogP contribution is 2.16. The Hall–Kier alpha value is -2.37. The molecule has 2 rings (SSSR count). The van der Waals surface area contributed by atoms with E-state index in [0.717, 1.165) is 11.5 Å².